The topological polar surface area (TPSA) is 9.23 Å². The minimum atomic E-state index is 0.679. The van der Waals surface area contributed by atoms with E-state index in [1.807, 2.05) is 18.2 Å². The zero-order valence-electron chi connectivity index (χ0n) is 10.2. The first kappa shape index (κ1) is 11.9. The standard InChI is InChI=1S/C16H18O/c1-2-15-10-6-7-11-16(15)13-17-12-14-8-4-3-5-9-14/h3-11H,2,12-13H2,1H3. The molecule has 0 aliphatic heterocycles. The Morgan fingerprint density at radius 2 is 1.41 bits per heavy atom. The Kier molecular flexibility index (Phi) is 4.34. The number of benzene rings is 2. The molecule has 0 fully saturated rings. The van der Waals surface area contributed by atoms with Crippen LogP contribution in [0.1, 0.15) is 23.6 Å². The fourth-order valence-corrected chi connectivity index (χ4v) is 1.90. The molecule has 0 aliphatic carbocycles. The molecule has 0 spiro atoms. The quantitative estimate of drug-likeness (QED) is 0.749. The Morgan fingerprint density at radius 3 is 2.12 bits per heavy atom. The molecule has 0 aromatic heterocycles. The molecule has 1 heteroatoms. The molecule has 0 saturated heterocycles. The maximum Gasteiger partial charge on any atom is 0.0724 e. The molecule has 88 valence electrons. The van der Waals surface area contributed by atoms with E-state index in [4.69, 9.17) is 4.74 Å². The molecule has 2 rings (SSSR count). The Balaban J connectivity index is 1.90. The Labute approximate surface area is 103 Å². The van der Waals surface area contributed by atoms with E-state index in [1.165, 1.54) is 16.7 Å². The van der Waals surface area contributed by atoms with Crippen molar-refractivity contribution in [3.8, 4) is 0 Å². The molecule has 17 heavy (non-hydrogen) atoms. The summed E-state index contributed by atoms with van der Waals surface area (Å²) in [6.45, 7) is 3.55. The van der Waals surface area contributed by atoms with E-state index >= 15 is 0 Å². The lowest BCUT2D eigenvalue weighted by molar-refractivity contribution is 0.106. The van der Waals surface area contributed by atoms with Crippen LogP contribution in [-0.2, 0) is 24.4 Å². The average Bonchev–Trinajstić information content (AvgIpc) is 2.40. The predicted octanol–water partition coefficient (Wildman–Crippen LogP) is 3.97. The fraction of sp³-hybridized carbons (Fsp3) is 0.250. The van der Waals surface area contributed by atoms with Gasteiger partial charge >= 0.3 is 0 Å². The smallest absolute Gasteiger partial charge is 0.0724 e. The van der Waals surface area contributed by atoms with Crippen LogP contribution < -0.4 is 0 Å². The van der Waals surface area contributed by atoms with Crippen LogP contribution in [0.25, 0.3) is 0 Å². The minimum Gasteiger partial charge on any atom is -0.372 e. The average molecular weight is 226 g/mol. The molecule has 1 nitrogen and oxygen atoms in total. The Morgan fingerprint density at radius 1 is 0.765 bits per heavy atom. The van der Waals surface area contributed by atoms with Crippen LogP contribution in [0.5, 0.6) is 0 Å². The maximum atomic E-state index is 5.75. The van der Waals surface area contributed by atoms with Gasteiger partial charge in [-0.25, -0.2) is 0 Å². The van der Waals surface area contributed by atoms with Crippen molar-refractivity contribution in [3.05, 3.63) is 71.3 Å². The highest BCUT2D eigenvalue weighted by Crippen LogP contribution is 2.12. The van der Waals surface area contributed by atoms with Crippen molar-refractivity contribution in [1.82, 2.24) is 0 Å². The molecule has 0 amide bonds. The predicted molar refractivity (Wildman–Crippen MR) is 70.8 cm³/mol. The van der Waals surface area contributed by atoms with E-state index in [2.05, 4.69) is 43.3 Å². The first-order valence-electron chi connectivity index (χ1n) is 6.08. The third kappa shape index (κ3) is 3.43. The first-order valence-corrected chi connectivity index (χ1v) is 6.08. The maximum absolute atomic E-state index is 5.75. The van der Waals surface area contributed by atoms with Crippen LogP contribution >= 0.6 is 0 Å². The second-order valence-corrected chi connectivity index (χ2v) is 4.10. The van der Waals surface area contributed by atoms with Crippen LogP contribution in [0.4, 0.5) is 0 Å². The molecule has 2 aromatic rings. The molecule has 0 aliphatic rings. The van der Waals surface area contributed by atoms with Crippen molar-refractivity contribution in [2.24, 2.45) is 0 Å². The summed E-state index contributed by atoms with van der Waals surface area (Å²) in [5.74, 6) is 0. The third-order valence-corrected chi connectivity index (χ3v) is 2.87. The van der Waals surface area contributed by atoms with Gasteiger partial charge in [-0.2, -0.15) is 0 Å². The van der Waals surface area contributed by atoms with Crippen LogP contribution in [-0.4, -0.2) is 0 Å². The van der Waals surface area contributed by atoms with E-state index < -0.39 is 0 Å². The number of ether oxygens (including phenoxy) is 1. The number of hydrogen-bond acceptors (Lipinski definition) is 1. The van der Waals surface area contributed by atoms with Gasteiger partial charge in [-0.15, -0.1) is 0 Å². The molecule has 0 N–H and O–H groups in total. The van der Waals surface area contributed by atoms with Crippen molar-refractivity contribution in [2.45, 2.75) is 26.6 Å². The van der Waals surface area contributed by atoms with Gasteiger partial charge < -0.3 is 4.74 Å². The highest BCUT2D eigenvalue weighted by Gasteiger charge is 1.99. The molecule has 0 radical (unpaired) electrons. The monoisotopic (exact) mass is 226 g/mol. The third-order valence-electron chi connectivity index (χ3n) is 2.87. The van der Waals surface area contributed by atoms with E-state index in [9.17, 15) is 0 Å². The minimum absolute atomic E-state index is 0.679. The van der Waals surface area contributed by atoms with Gasteiger partial charge in [0, 0.05) is 0 Å². The van der Waals surface area contributed by atoms with Gasteiger partial charge in [-0.3, -0.25) is 0 Å². The summed E-state index contributed by atoms with van der Waals surface area (Å²) in [4.78, 5) is 0. The van der Waals surface area contributed by atoms with Gasteiger partial charge in [-0.1, -0.05) is 61.5 Å². The molecule has 0 unspecified atom stereocenters. The number of rotatable bonds is 5. The zero-order chi connectivity index (χ0) is 11.9. The molecule has 0 atom stereocenters. The summed E-state index contributed by atoms with van der Waals surface area (Å²) in [5, 5.41) is 0. The van der Waals surface area contributed by atoms with Crippen LogP contribution in [0.15, 0.2) is 54.6 Å². The van der Waals surface area contributed by atoms with Gasteiger partial charge in [0.2, 0.25) is 0 Å². The first-order chi connectivity index (χ1) is 8.40. The summed E-state index contributed by atoms with van der Waals surface area (Å²) in [6.07, 6.45) is 1.06. The van der Waals surface area contributed by atoms with E-state index in [0.29, 0.717) is 13.2 Å². The van der Waals surface area contributed by atoms with Crippen molar-refractivity contribution < 1.29 is 4.74 Å². The number of aryl methyl sites for hydroxylation is 1. The van der Waals surface area contributed by atoms with Crippen LogP contribution in [0, 0.1) is 0 Å². The van der Waals surface area contributed by atoms with Crippen molar-refractivity contribution >= 4 is 0 Å². The van der Waals surface area contributed by atoms with Crippen molar-refractivity contribution in [2.75, 3.05) is 0 Å². The van der Waals surface area contributed by atoms with E-state index in [-0.39, 0.29) is 0 Å². The molecular formula is C16H18O. The van der Waals surface area contributed by atoms with Gasteiger partial charge in [0.05, 0.1) is 13.2 Å². The summed E-state index contributed by atoms with van der Waals surface area (Å²) in [7, 11) is 0. The second kappa shape index (κ2) is 6.21. The lowest BCUT2D eigenvalue weighted by atomic mass is 10.1. The number of hydrogen-bond donors (Lipinski definition) is 0. The van der Waals surface area contributed by atoms with Crippen molar-refractivity contribution in [3.63, 3.8) is 0 Å². The lowest BCUT2D eigenvalue weighted by Gasteiger charge is -2.08. The van der Waals surface area contributed by atoms with Gasteiger partial charge in [0.1, 0.15) is 0 Å². The van der Waals surface area contributed by atoms with E-state index in [0.717, 1.165) is 6.42 Å². The lowest BCUT2D eigenvalue weighted by Crippen LogP contribution is -1.97. The highest BCUT2D eigenvalue weighted by atomic mass is 16.5. The van der Waals surface area contributed by atoms with Gasteiger partial charge in [0.25, 0.3) is 0 Å². The summed E-state index contributed by atoms with van der Waals surface area (Å²) >= 11 is 0. The molecule has 0 heterocycles. The normalized spacial score (nSPS) is 10.4. The van der Waals surface area contributed by atoms with Crippen LogP contribution in [0.3, 0.4) is 0 Å². The molecule has 2 aromatic carbocycles. The largest absolute Gasteiger partial charge is 0.372 e. The molecule has 0 saturated carbocycles. The Bertz CT molecular complexity index is 448. The summed E-state index contributed by atoms with van der Waals surface area (Å²) in [6, 6.07) is 18.7. The second-order valence-electron chi connectivity index (χ2n) is 4.10. The SMILES string of the molecule is CCc1ccccc1COCc1ccccc1. The zero-order valence-corrected chi connectivity index (χ0v) is 10.2. The van der Waals surface area contributed by atoms with Gasteiger partial charge in [0.15, 0.2) is 0 Å². The molecule has 0 bridgehead atoms. The summed E-state index contributed by atoms with van der Waals surface area (Å²) in [5.41, 5.74) is 3.90. The Hall–Kier alpha value is -1.60. The van der Waals surface area contributed by atoms with E-state index in [1.54, 1.807) is 0 Å². The molecular weight excluding hydrogens is 208 g/mol. The highest BCUT2D eigenvalue weighted by molar-refractivity contribution is 5.26. The van der Waals surface area contributed by atoms with Crippen LogP contribution in [0.2, 0.25) is 0 Å². The van der Waals surface area contributed by atoms with Gasteiger partial charge in [-0.05, 0) is 23.1 Å². The van der Waals surface area contributed by atoms with Crippen molar-refractivity contribution in [1.29, 1.82) is 0 Å². The summed E-state index contributed by atoms with van der Waals surface area (Å²) < 4.78 is 5.75. The fourth-order valence-electron chi connectivity index (χ4n) is 1.90.